The first-order valence-corrected chi connectivity index (χ1v) is 7.02. The van der Waals surface area contributed by atoms with Crippen LogP contribution in [0.2, 0.25) is 0 Å². The van der Waals surface area contributed by atoms with Crippen LogP contribution in [-0.2, 0) is 11.2 Å². The number of fused-ring (bicyclic) bond motifs is 1. The molecule has 3 rings (SSSR count). The Bertz CT molecular complexity index is 824. The highest BCUT2D eigenvalue weighted by Gasteiger charge is 2.07. The number of nitrogens with zero attached hydrogens (tertiary/aromatic N) is 1. The molecule has 112 valence electrons. The summed E-state index contributed by atoms with van der Waals surface area (Å²) in [7, 11) is 1.63. The third kappa shape index (κ3) is 2.93. The topological polar surface area (TPSA) is 67.0 Å². The maximum Gasteiger partial charge on any atom is 0.228 e. The van der Waals surface area contributed by atoms with E-state index in [2.05, 4.69) is 15.3 Å². The molecule has 0 aliphatic heterocycles. The van der Waals surface area contributed by atoms with Crippen LogP contribution in [0.3, 0.4) is 0 Å². The van der Waals surface area contributed by atoms with Crippen molar-refractivity contribution < 1.29 is 9.53 Å². The summed E-state index contributed by atoms with van der Waals surface area (Å²) in [6.45, 7) is 1.97. The van der Waals surface area contributed by atoms with Crippen molar-refractivity contribution in [1.29, 1.82) is 0 Å². The first kappa shape index (κ1) is 14.1. The lowest BCUT2D eigenvalue weighted by molar-refractivity contribution is -0.115. The van der Waals surface area contributed by atoms with Crippen molar-refractivity contribution in [3.05, 3.63) is 53.9 Å². The quantitative estimate of drug-likeness (QED) is 0.777. The standard InChI is InChI=1S/C17H17N3O2/c1-11-3-4-12(7-16(11)22-2)8-17(21)20-13-5-6-14-15(9-13)19-10-18-14/h3-7,9-10H,8H2,1-2H3,(H,18,19)(H,20,21). The second-order valence-electron chi connectivity index (χ2n) is 5.16. The van der Waals surface area contributed by atoms with Crippen molar-refractivity contribution in [2.24, 2.45) is 0 Å². The Morgan fingerprint density at radius 3 is 2.95 bits per heavy atom. The molecule has 0 saturated heterocycles. The number of methoxy groups -OCH3 is 1. The van der Waals surface area contributed by atoms with Gasteiger partial charge < -0.3 is 15.0 Å². The van der Waals surface area contributed by atoms with Crippen molar-refractivity contribution in [2.45, 2.75) is 13.3 Å². The molecule has 1 aromatic heterocycles. The number of amides is 1. The Kier molecular flexibility index (Phi) is 3.78. The summed E-state index contributed by atoms with van der Waals surface area (Å²) in [6.07, 6.45) is 1.94. The van der Waals surface area contributed by atoms with Gasteiger partial charge in [0.25, 0.3) is 0 Å². The zero-order valence-corrected chi connectivity index (χ0v) is 12.5. The Labute approximate surface area is 128 Å². The molecule has 5 nitrogen and oxygen atoms in total. The summed E-state index contributed by atoms with van der Waals surface area (Å²) in [4.78, 5) is 19.3. The third-order valence-corrected chi connectivity index (χ3v) is 3.54. The highest BCUT2D eigenvalue weighted by Crippen LogP contribution is 2.20. The lowest BCUT2D eigenvalue weighted by atomic mass is 10.1. The molecule has 3 aromatic rings. The molecule has 0 spiro atoms. The number of nitrogens with one attached hydrogen (secondary N) is 2. The van der Waals surface area contributed by atoms with Crippen molar-refractivity contribution >= 4 is 22.6 Å². The highest BCUT2D eigenvalue weighted by molar-refractivity contribution is 5.94. The molecular formula is C17H17N3O2. The number of aromatic nitrogens is 2. The van der Waals surface area contributed by atoms with Crippen LogP contribution < -0.4 is 10.1 Å². The van der Waals surface area contributed by atoms with Crippen LogP contribution in [0, 0.1) is 6.92 Å². The van der Waals surface area contributed by atoms with Crippen LogP contribution in [0.4, 0.5) is 5.69 Å². The first-order chi connectivity index (χ1) is 10.7. The zero-order valence-electron chi connectivity index (χ0n) is 12.5. The number of anilines is 1. The molecule has 0 fully saturated rings. The SMILES string of the molecule is COc1cc(CC(=O)Nc2ccc3nc[nH]c3c2)ccc1C. The maximum atomic E-state index is 12.2. The van der Waals surface area contributed by atoms with Gasteiger partial charge in [0.05, 0.1) is 30.9 Å². The number of carbonyl (C=O) groups is 1. The smallest absolute Gasteiger partial charge is 0.228 e. The van der Waals surface area contributed by atoms with Crippen molar-refractivity contribution in [3.63, 3.8) is 0 Å². The number of aryl methyl sites for hydroxylation is 1. The average Bonchev–Trinajstić information content (AvgIpc) is 2.96. The number of benzene rings is 2. The number of ether oxygens (including phenoxy) is 1. The molecule has 0 radical (unpaired) electrons. The van der Waals surface area contributed by atoms with E-state index in [1.807, 2.05) is 43.3 Å². The molecule has 0 unspecified atom stereocenters. The molecule has 1 heterocycles. The van der Waals surface area contributed by atoms with E-state index in [9.17, 15) is 4.79 Å². The van der Waals surface area contributed by atoms with Crippen molar-refractivity contribution in [1.82, 2.24) is 9.97 Å². The van der Waals surface area contributed by atoms with Gasteiger partial charge in [0.1, 0.15) is 5.75 Å². The van der Waals surface area contributed by atoms with Crippen LogP contribution in [-0.4, -0.2) is 23.0 Å². The molecule has 22 heavy (non-hydrogen) atoms. The molecule has 0 saturated carbocycles. The van der Waals surface area contributed by atoms with E-state index in [1.165, 1.54) is 0 Å². The molecule has 2 N–H and O–H groups in total. The number of imidazole rings is 1. The summed E-state index contributed by atoms with van der Waals surface area (Å²) in [5.74, 6) is 0.731. The number of rotatable bonds is 4. The number of hydrogen-bond acceptors (Lipinski definition) is 3. The van der Waals surface area contributed by atoms with Gasteiger partial charge in [-0.25, -0.2) is 4.98 Å². The van der Waals surface area contributed by atoms with Gasteiger partial charge in [-0.2, -0.15) is 0 Å². The molecule has 2 aromatic carbocycles. The number of hydrogen-bond donors (Lipinski definition) is 2. The molecule has 0 aliphatic rings. The predicted molar refractivity (Wildman–Crippen MR) is 86.2 cm³/mol. The maximum absolute atomic E-state index is 12.2. The van der Waals surface area contributed by atoms with E-state index in [0.29, 0.717) is 6.42 Å². The van der Waals surface area contributed by atoms with Crippen molar-refractivity contribution in [3.8, 4) is 5.75 Å². The Balaban J connectivity index is 1.71. The van der Waals surface area contributed by atoms with E-state index in [0.717, 1.165) is 33.6 Å². The van der Waals surface area contributed by atoms with E-state index < -0.39 is 0 Å². The summed E-state index contributed by atoms with van der Waals surface area (Å²) in [6, 6.07) is 11.4. The predicted octanol–water partition coefficient (Wildman–Crippen LogP) is 3.06. The van der Waals surface area contributed by atoms with E-state index >= 15 is 0 Å². The molecule has 0 atom stereocenters. The fourth-order valence-corrected chi connectivity index (χ4v) is 2.38. The monoisotopic (exact) mass is 295 g/mol. The van der Waals surface area contributed by atoms with Gasteiger partial charge in [-0.1, -0.05) is 12.1 Å². The fourth-order valence-electron chi connectivity index (χ4n) is 2.38. The summed E-state index contributed by atoms with van der Waals surface area (Å²) < 4.78 is 5.28. The summed E-state index contributed by atoms with van der Waals surface area (Å²) >= 11 is 0. The van der Waals surface area contributed by atoms with E-state index in [4.69, 9.17) is 4.74 Å². The molecule has 5 heteroatoms. The summed E-state index contributed by atoms with van der Waals surface area (Å²) in [5.41, 5.74) is 4.50. The summed E-state index contributed by atoms with van der Waals surface area (Å²) in [5, 5.41) is 2.90. The Hall–Kier alpha value is -2.82. The highest BCUT2D eigenvalue weighted by atomic mass is 16.5. The van der Waals surface area contributed by atoms with Crippen LogP contribution in [0.15, 0.2) is 42.7 Å². The van der Waals surface area contributed by atoms with Crippen molar-refractivity contribution in [2.75, 3.05) is 12.4 Å². The van der Waals surface area contributed by atoms with Crippen LogP contribution in [0.25, 0.3) is 11.0 Å². The van der Waals surface area contributed by atoms with Gasteiger partial charge in [0, 0.05) is 5.69 Å². The third-order valence-electron chi connectivity index (χ3n) is 3.54. The lowest BCUT2D eigenvalue weighted by Crippen LogP contribution is -2.14. The molecular weight excluding hydrogens is 278 g/mol. The second kappa shape index (κ2) is 5.89. The van der Waals surface area contributed by atoms with Crippen LogP contribution in [0.1, 0.15) is 11.1 Å². The minimum atomic E-state index is -0.0650. The lowest BCUT2D eigenvalue weighted by Gasteiger charge is -2.08. The van der Waals surface area contributed by atoms with Gasteiger partial charge in [0.15, 0.2) is 0 Å². The minimum Gasteiger partial charge on any atom is -0.496 e. The zero-order chi connectivity index (χ0) is 15.5. The fraction of sp³-hybridized carbons (Fsp3) is 0.176. The van der Waals surface area contributed by atoms with Gasteiger partial charge in [-0.05, 0) is 42.3 Å². The van der Waals surface area contributed by atoms with E-state index in [1.54, 1.807) is 13.4 Å². The van der Waals surface area contributed by atoms with Gasteiger partial charge >= 0.3 is 0 Å². The Morgan fingerprint density at radius 1 is 1.27 bits per heavy atom. The van der Waals surface area contributed by atoms with Crippen LogP contribution >= 0.6 is 0 Å². The normalized spacial score (nSPS) is 10.6. The second-order valence-corrected chi connectivity index (χ2v) is 5.16. The first-order valence-electron chi connectivity index (χ1n) is 7.02. The van der Waals surface area contributed by atoms with Gasteiger partial charge in [-0.3, -0.25) is 4.79 Å². The molecule has 0 bridgehead atoms. The largest absolute Gasteiger partial charge is 0.496 e. The van der Waals surface area contributed by atoms with E-state index in [-0.39, 0.29) is 5.91 Å². The number of aromatic amines is 1. The molecule has 1 amide bonds. The average molecular weight is 295 g/mol. The number of H-pyrrole nitrogens is 1. The van der Waals surface area contributed by atoms with Crippen LogP contribution in [0.5, 0.6) is 5.75 Å². The molecule has 0 aliphatic carbocycles. The minimum absolute atomic E-state index is 0.0650. The Morgan fingerprint density at radius 2 is 2.14 bits per heavy atom. The van der Waals surface area contributed by atoms with Gasteiger partial charge in [-0.15, -0.1) is 0 Å². The number of carbonyl (C=O) groups excluding carboxylic acids is 1. The van der Waals surface area contributed by atoms with Gasteiger partial charge in [0.2, 0.25) is 5.91 Å².